The van der Waals surface area contributed by atoms with Crippen LogP contribution in [0.15, 0.2) is 4.99 Å². The van der Waals surface area contributed by atoms with E-state index in [1.807, 2.05) is 14.1 Å². The lowest BCUT2D eigenvalue weighted by Crippen LogP contribution is -2.53. The van der Waals surface area contributed by atoms with Crippen LogP contribution in [0, 0.1) is 5.92 Å². The summed E-state index contributed by atoms with van der Waals surface area (Å²) in [6, 6.07) is 0.0899. The van der Waals surface area contributed by atoms with E-state index < -0.39 is 0 Å². The quantitative estimate of drug-likeness (QED) is 0.470. The minimum atomic E-state index is -0.169. The summed E-state index contributed by atoms with van der Waals surface area (Å²) in [4.78, 5) is 18.6. The molecule has 1 aliphatic heterocycles. The highest BCUT2D eigenvalue weighted by Gasteiger charge is 2.49. The van der Waals surface area contributed by atoms with Gasteiger partial charge in [-0.1, -0.05) is 38.5 Å². The average molecular weight is 357 g/mol. The van der Waals surface area contributed by atoms with Crippen LogP contribution in [-0.2, 0) is 14.3 Å². The van der Waals surface area contributed by atoms with Crippen LogP contribution in [0.2, 0.25) is 0 Å². The molecular weight excluding hydrogens is 324 g/mol. The van der Waals surface area contributed by atoms with Crippen LogP contribution in [0.4, 0.5) is 0 Å². The zero-order valence-corrected chi connectivity index (χ0v) is 16.3. The molecule has 0 radical (unpaired) electrons. The highest BCUT2D eigenvalue weighted by atomic mass is 32.2. The fourth-order valence-electron chi connectivity index (χ4n) is 3.25. The van der Waals surface area contributed by atoms with Crippen molar-refractivity contribution in [2.45, 2.75) is 69.5 Å². The third kappa shape index (κ3) is 4.73. The van der Waals surface area contributed by atoms with Crippen LogP contribution in [-0.4, -0.2) is 67.2 Å². The molecule has 0 amide bonds. The fraction of sp³-hybridized carbons (Fsp3) is 0.889. The molecule has 0 aromatic rings. The second-order valence-corrected chi connectivity index (χ2v) is 8.07. The molecule has 6 heteroatoms. The van der Waals surface area contributed by atoms with Gasteiger partial charge in [0.05, 0.1) is 12.1 Å². The maximum Gasteiger partial charge on any atom is 0.159 e. The largest absolute Gasteiger partial charge is 0.375 e. The van der Waals surface area contributed by atoms with Crippen molar-refractivity contribution in [1.29, 1.82) is 0 Å². The summed E-state index contributed by atoms with van der Waals surface area (Å²) in [5.41, 5.74) is 0. The third-order valence-corrected chi connectivity index (χ3v) is 6.11. The Morgan fingerprint density at radius 1 is 1.17 bits per heavy atom. The number of amidine groups is 1. The molecule has 5 atom stereocenters. The van der Waals surface area contributed by atoms with Crippen LogP contribution < -0.4 is 0 Å². The van der Waals surface area contributed by atoms with Gasteiger partial charge in [0, 0.05) is 38.5 Å². The number of nitrogens with zero attached hydrogens (tertiary/aromatic N) is 2. The zero-order valence-electron chi connectivity index (χ0n) is 15.4. The molecule has 0 bridgehead atoms. The number of ether oxygens (including phenoxy) is 2. The van der Waals surface area contributed by atoms with Crippen molar-refractivity contribution < 1.29 is 14.3 Å². The second kappa shape index (κ2) is 9.78. The summed E-state index contributed by atoms with van der Waals surface area (Å²) in [6.45, 7) is 5.70. The number of carbonyl (C=O) groups is 1. The molecule has 1 aliphatic carbocycles. The number of fused-ring (bicyclic) bond motifs is 1. The minimum absolute atomic E-state index is 0.0899. The standard InChI is InChI=1S/C18H32N2O3S/c1-5-7-9-22-16-13(12-21)11-14-15(17(16)23-10-8-6-2)19-18(24-14)20(3)4/h12-17H,5-11H2,1-4H3/t13-,14+,15+,16-,17-/m1/s1. The summed E-state index contributed by atoms with van der Waals surface area (Å²) in [5.74, 6) is -0.0982. The van der Waals surface area contributed by atoms with E-state index in [0.717, 1.165) is 43.6 Å². The predicted molar refractivity (Wildman–Crippen MR) is 99.8 cm³/mol. The number of rotatable bonds is 9. The zero-order chi connectivity index (χ0) is 17.5. The molecule has 1 saturated carbocycles. The molecule has 0 unspecified atom stereocenters. The van der Waals surface area contributed by atoms with Gasteiger partial charge in [0.2, 0.25) is 0 Å². The average Bonchev–Trinajstić information content (AvgIpc) is 3.00. The van der Waals surface area contributed by atoms with Crippen molar-refractivity contribution in [3.05, 3.63) is 0 Å². The Bertz CT molecular complexity index is 430. The van der Waals surface area contributed by atoms with Crippen molar-refractivity contribution in [2.75, 3.05) is 27.3 Å². The van der Waals surface area contributed by atoms with Crippen LogP contribution >= 0.6 is 11.8 Å². The molecule has 0 N–H and O–H groups in total. The summed E-state index contributed by atoms with van der Waals surface area (Å²) >= 11 is 1.78. The Hall–Kier alpha value is -0.590. The number of hydrogen-bond donors (Lipinski definition) is 0. The molecule has 0 aromatic heterocycles. The fourth-order valence-corrected chi connectivity index (χ4v) is 4.59. The molecule has 0 aromatic carbocycles. The summed E-state index contributed by atoms with van der Waals surface area (Å²) < 4.78 is 12.3. The van der Waals surface area contributed by atoms with Gasteiger partial charge >= 0.3 is 0 Å². The van der Waals surface area contributed by atoms with Crippen molar-refractivity contribution in [3.8, 4) is 0 Å². The van der Waals surface area contributed by atoms with Crippen molar-refractivity contribution in [3.63, 3.8) is 0 Å². The molecule has 0 saturated heterocycles. The van der Waals surface area contributed by atoms with E-state index in [2.05, 4.69) is 18.7 Å². The van der Waals surface area contributed by atoms with E-state index in [-0.39, 0.29) is 24.2 Å². The molecule has 0 spiro atoms. The van der Waals surface area contributed by atoms with Crippen LogP contribution in [0.3, 0.4) is 0 Å². The number of aliphatic imine (C=N–C) groups is 1. The molecule has 2 aliphatic rings. The molecule has 24 heavy (non-hydrogen) atoms. The van der Waals surface area contributed by atoms with Gasteiger partial charge in [0.25, 0.3) is 0 Å². The van der Waals surface area contributed by atoms with Crippen LogP contribution in [0.1, 0.15) is 46.0 Å². The Morgan fingerprint density at radius 3 is 2.33 bits per heavy atom. The lowest BCUT2D eigenvalue weighted by molar-refractivity contribution is -0.139. The van der Waals surface area contributed by atoms with Gasteiger partial charge in [0.15, 0.2) is 5.17 Å². The van der Waals surface area contributed by atoms with E-state index in [0.29, 0.717) is 18.5 Å². The first kappa shape index (κ1) is 19.7. The van der Waals surface area contributed by atoms with Crippen molar-refractivity contribution in [2.24, 2.45) is 10.9 Å². The van der Waals surface area contributed by atoms with Gasteiger partial charge in [0.1, 0.15) is 12.4 Å². The Kier molecular flexibility index (Phi) is 8.04. The Balaban J connectivity index is 2.15. The first-order valence-electron chi connectivity index (χ1n) is 9.22. The first-order chi connectivity index (χ1) is 11.6. The van der Waals surface area contributed by atoms with Gasteiger partial charge in [-0.25, -0.2) is 0 Å². The van der Waals surface area contributed by atoms with Crippen molar-refractivity contribution >= 4 is 23.2 Å². The van der Waals surface area contributed by atoms with Gasteiger partial charge < -0.3 is 19.2 Å². The predicted octanol–water partition coefficient (Wildman–Crippen LogP) is 2.98. The van der Waals surface area contributed by atoms with Crippen LogP contribution in [0.5, 0.6) is 0 Å². The normalized spacial score (nSPS) is 32.3. The maximum atomic E-state index is 11.7. The topological polar surface area (TPSA) is 51.1 Å². The molecule has 1 fully saturated rings. The van der Waals surface area contributed by atoms with Gasteiger partial charge in [-0.2, -0.15) is 0 Å². The molecule has 5 nitrogen and oxygen atoms in total. The molecular formula is C18H32N2O3S. The summed E-state index contributed by atoms with van der Waals surface area (Å²) in [6.07, 6.45) is 5.83. The Labute approximate surface area is 150 Å². The maximum absolute atomic E-state index is 11.7. The second-order valence-electron chi connectivity index (χ2n) is 6.87. The number of hydrogen-bond acceptors (Lipinski definition) is 6. The smallest absolute Gasteiger partial charge is 0.159 e. The summed E-state index contributed by atoms with van der Waals surface area (Å²) in [7, 11) is 4.03. The van der Waals surface area contributed by atoms with Crippen molar-refractivity contribution in [1.82, 2.24) is 4.90 Å². The SMILES string of the molecule is CCCCO[C@@H]1[C@H]2N=C(N(C)C)S[C@H]2C[C@H](C=O)[C@H]1OCCCC. The van der Waals surface area contributed by atoms with Gasteiger partial charge in [-0.05, 0) is 19.3 Å². The number of aldehydes is 1. The monoisotopic (exact) mass is 356 g/mol. The lowest BCUT2D eigenvalue weighted by Gasteiger charge is -2.41. The van der Waals surface area contributed by atoms with E-state index in [4.69, 9.17) is 14.5 Å². The summed E-state index contributed by atoms with van der Waals surface area (Å²) in [5, 5.41) is 1.35. The molecule has 2 rings (SSSR count). The van der Waals surface area contributed by atoms with E-state index in [1.165, 1.54) is 0 Å². The first-order valence-corrected chi connectivity index (χ1v) is 10.1. The number of carbonyl (C=O) groups excluding carboxylic acids is 1. The number of thioether (sulfide) groups is 1. The number of unbranched alkanes of at least 4 members (excludes halogenated alkanes) is 2. The van der Waals surface area contributed by atoms with Crippen LogP contribution in [0.25, 0.3) is 0 Å². The molecule has 138 valence electrons. The minimum Gasteiger partial charge on any atom is -0.375 e. The van der Waals surface area contributed by atoms with Gasteiger partial charge in [-0.15, -0.1) is 0 Å². The van der Waals surface area contributed by atoms with E-state index >= 15 is 0 Å². The van der Waals surface area contributed by atoms with E-state index in [9.17, 15) is 4.79 Å². The van der Waals surface area contributed by atoms with E-state index in [1.54, 1.807) is 11.8 Å². The third-order valence-electron chi connectivity index (χ3n) is 4.66. The molecule has 1 heterocycles. The highest BCUT2D eigenvalue weighted by molar-refractivity contribution is 8.14. The highest BCUT2D eigenvalue weighted by Crippen LogP contribution is 2.42. The lowest BCUT2D eigenvalue weighted by atomic mass is 9.81. The Morgan fingerprint density at radius 2 is 1.79 bits per heavy atom. The van der Waals surface area contributed by atoms with Gasteiger partial charge in [-0.3, -0.25) is 4.99 Å².